The van der Waals surface area contributed by atoms with Gasteiger partial charge in [0, 0.05) is 12.3 Å². The molecule has 4 aliphatic rings. The predicted octanol–water partition coefficient (Wildman–Crippen LogP) is 5.11. The molecule has 6 heteroatoms. The molecule has 0 radical (unpaired) electrons. The summed E-state index contributed by atoms with van der Waals surface area (Å²) >= 11 is 0. The number of allylic oxidation sites excluding steroid dienone is 1. The van der Waals surface area contributed by atoms with Crippen LogP contribution in [0.2, 0.25) is 0 Å². The Labute approximate surface area is 197 Å². The maximum Gasteiger partial charge on any atom is 0.297 e. The summed E-state index contributed by atoms with van der Waals surface area (Å²) in [5, 5.41) is 0. The summed E-state index contributed by atoms with van der Waals surface area (Å²) in [5.41, 5.74) is 1.38. The van der Waals surface area contributed by atoms with Crippen LogP contribution < -0.4 is 0 Å². The van der Waals surface area contributed by atoms with Gasteiger partial charge in [0.05, 0.1) is 4.90 Å². The van der Waals surface area contributed by atoms with Gasteiger partial charge in [-0.2, -0.15) is 8.42 Å². The number of hydrogen-bond donors (Lipinski definition) is 0. The van der Waals surface area contributed by atoms with Crippen LogP contribution in [-0.4, -0.2) is 26.6 Å². The van der Waals surface area contributed by atoms with Crippen molar-refractivity contribution in [3.63, 3.8) is 0 Å². The molecule has 0 heterocycles. The largest absolute Gasteiger partial charge is 0.297 e. The average Bonchev–Trinajstić information content (AvgIpc) is 3.16. The Bertz CT molecular complexity index is 1090. The summed E-state index contributed by atoms with van der Waals surface area (Å²) in [5.74, 6) is 1.68. The second-order valence-electron chi connectivity index (χ2n) is 11.1. The van der Waals surface area contributed by atoms with Crippen molar-refractivity contribution in [2.75, 3.05) is 6.61 Å². The van der Waals surface area contributed by atoms with Gasteiger partial charge in [-0.15, -0.1) is 0 Å². The van der Waals surface area contributed by atoms with E-state index >= 15 is 0 Å². The lowest BCUT2D eigenvalue weighted by Crippen LogP contribution is -2.51. The van der Waals surface area contributed by atoms with Gasteiger partial charge in [0.2, 0.25) is 0 Å². The SMILES string of the molecule is C[C@]12CC[C@H]3[C@@H](CCC4=CC(=O)CC[C@@]43C)[C@@H]1CC[C@@H]2C(=O)COS(=O)(=O)c1ccccc1. The zero-order chi connectivity index (χ0) is 23.4. The maximum absolute atomic E-state index is 13.2. The third kappa shape index (κ3) is 3.74. The second kappa shape index (κ2) is 8.16. The lowest BCUT2D eigenvalue weighted by molar-refractivity contribution is -0.132. The van der Waals surface area contributed by atoms with Crippen molar-refractivity contribution in [2.45, 2.75) is 70.1 Å². The number of benzene rings is 1. The maximum atomic E-state index is 13.2. The van der Waals surface area contributed by atoms with E-state index in [-0.39, 0.29) is 39.8 Å². The summed E-state index contributed by atoms with van der Waals surface area (Å²) in [7, 11) is -3.93. The van der Waals surface area contributed by atoms with Gasteiger partial charge in [0.25, 0.3) is 10.1 Å². The Morgan fingerprint density at radius 3 is 2.52 bits per heavy atom. The Balaban J connectivity index is 1.31. The lowest BCUT2D eigenvalue weighted by atomic mass is 9.46. The molecule has 4 aliphatic carbocycles. The van der Waals surface area contributed by atoms with E-state index < -0.39 is 10.1 Å². The van der Waals surface area contributed by atoms with E-state index in [1.165, 1.54) is 17.7 Å². The Morgan fingerprint density at radius 1 is 1.00 bits per heavy atom. The first-order chi connectivity index (χ1) is 15.6. The highest BCUT2D eigenvalue weighted by Crippen LogP contribution is 2.66. The van der Waals surface area contributed by atoms with Gasteiger partial charge in [0.15, 0.2) is 11.6 Å². The highest BCUT2D eigenvalue weighted by molar-refractivity contribution is 7.86. The van der Waals surface area contributed by atoms with E-state index in [1.807, 2.05) is 6.08 Å². The molecule has 0 unspecified atom stereocenters. The molecule has 0 N–H and O–H groups in total. The van der Waals surface area contributed by atoms with E-state index in [4.69, 9.17) is 4.18 Å². The third-order valence-electron chi connectivity index (χ3n) is 9.74. The van der Waals surface area contributed by atoms with Crippen LogP contribution in [0.25, 0.3) is 0 Å². The standard InChI is InChI=1S/C27H34O5S/c1-26-14-12-19(28)16-18(26)8-9-21-22-10-11-24(27(22,2)15-13-23(21)26)25(29)17-32-33(30,31)20-6-4-3-5-7-20/h3-7,16,21-24H,8-15,17H2,1-2H3/t21-,22-,23-,24+,26-,27-/m0/s1. The molecule has 1 aromatic rings. The predicted molar refractivity (Wildman–Crippen MR) is 125 cm³/mol. The first-order valence-corrected chi connectivity index (χ1v) is 13.8. The van der Waals surface area contributed by atoms with Crippen molar-refractivity contribution in [2.24, 2.45) is 34.5 Å². The van der Waals surface area contributed by atoms with Crippen LogP contribution in [0.1, 0.15) is 65.2 Å². The van der Waals surface area contributed by atoms with Gasteiger partial charge >= 0.3 is 0 Å². The topological polar surface area (TPSA) is 77.5 Å². The van der Waals surface area contributed by atoms with E-state index in [1.54, 1.807) is 18.2 Å². The summed E-state index contributed by atoms with van der Waals surface area (Å²) in [6.45, 7) is 4.24. The van der Waals surface area contributed by atoms with Crippen molar-refractivity contribution < 1.29 is 22.2 Å². The number of carbonyl (C=O) groups is 2. The van der Waals surface area contributed by atoms with Crippen molar-refractivity contribution >= 4 is 21.7 Å². The zero-order valence-electron chi connectivity index (χ0n) is 19.6. The molecule has 5 nitrogen and oxygen atoms in total. The molecule has 6 atom stereocenters. The van der Waals surface area contributed by atoms with Gasteiger partial charge in [-0.1, -0.05) is 37.6 Å². The van der Waals surface area contributed by atoms with E-state index in [9.17, 15) is 18.0 Å². The van der Waals surface area contributed by atoms with Crippen LogP contribution in [0.15, 0.2) is 46.9 Å². The molecule has 0 bridgehead atoms. The van der Waals surface area contributed by atoms with Gasteiger partial charge < -0.3 is 0 Å². The Hall–Kier alpha value is -1.79. The van der Waals surface area contributed by atoms with Crippen LogP contribution in [-0.2, 0) is 23.9 Å². The molecule has 178 valence electrons. The first kappa shape index (κ1) is 23.0. The lowest BCUT2D eigenvalue weighted by Gasteiger charge is -2.58. The first-order valence-electron chi connectivity index (χ1n) is 12.4. The molecule has 0 spiro atoms. The minimum Gasteiger partial charge on any atom is -0.297 e. The zero-order valence-corrected chi connectivity index (χ0v) is 20.4. The molecule has 3 fully saturated rings. The number of rotatable bonds is 5. The number of fused-ring (bicyclic) bond motifs is 5. The number of hydrogen-bond acceptors (Lipinski definition) is 5. The van der Waals surface area contributed by atoms with Crippen LogP contribution in [0, 0.1) is 34.5 Å². The van der Waals surface area contributed by atoms with Gasteiger partial charge in [0.1, 0.15) is 6.61 Å². The van der Waals surface area contributed by atoms with E-state index in [0.29, 0.717) is 24.2 Å². The van der Waals surface area contributed by atoms with E-state index in [2.05, 4.69) is 13.8 Å². The Kier molecular flexibility index (Phi) is 5.68. The van der Waals surface area contributed by atoms with Crippen LogP contribution >= 0.6 is 0 Å². The van der Waals surface area contributed by atoms with Crippen molar-refractivity contribution in [3.8, 4) is 0 Å². The minimum absolute atomic E-state index is 0.0798. The number of ketones is 2. The van der Waals surface area contributed by atoms with Crippen molar-refractivity contribution in [3.05, 3.63) is 42.0 Å². The van der Waals surface area contributed by atoms with Crippen molar-refractivity contribution in [1.82, 2.24) is 0 Å². The van der Waals surface area contributed by atoms with Gasteiger partial charge in [-0.05, 0) is 91.7 Å². The summed E-state index contributed by atoms with van der Waals surface area (Å²) in [6, 6.07) is 8.01. The summed E-state index contributed by atoms with van der Waals surface area (Å²) < 4.78 is 30.2. The van der Waals surface area contributed by atoms with Gasteiger partial charge in [-0.3, -0.25) is 13.8 Å². The smallest absolute Gasteiger partial charge is 0.297 e. The average molecular weight is 471 g/mol. The molecule has 0 saturated heterocycles. The molecule has 3 saturated carbocycles. The highest BCUT2D eigenvalue weighted by Gasteiger charge is 2.60. The van der Waals surface area contributed by atoms with E-state index in [0.717, 1.165) is 44.9 Å². The summed E-state index contributed by atoms with van der Waals surface area (Å²) in [4.78, 5) is 25.3. The molecule has 0 aliphatic heterocycles. The minimum atomic E-state index is -3.93. The second-order valence-corrected chi connectivity index (χ2v) is 12.8. The molecular weight excluding hydrogens is 436 g/mol. The molecule has 0 aromatic heterocycles. The fourth-order valence-electron chi connectivity index (χ4n) is 7.98. The highest BCUT2D eigenvalue weighted by atomic mass is 32.2. The fourth-order valence-corrected chi connectivity index (χ4v) is 8.88. The molecule has 0 amide bonds. The molecule has 1 aromatic carbocycles. The van der Waals surface area contributed by atoms with Crippen LogP contribution in [0.4, 0.5) is 0 Å². The number of Topliss-reactive ketones (excluding diaryl/α,β-unsaturated/α-hetero) is 1. The molecule has 5 rings (SSSR count). The van der Waals surface area contributed by atoms with Crippen LogP contribution in [0.3, 0.4) is 0 Å². The summed E-state index contributed by atoms with van der Waals surface area (Å²) in [6.07, 6.45) is 9.52. The normalized spacial score (nSPS) is 38.1. The third-order valence-corrected chi connectivity index (χ3v) is 11.0. The van der Waals surface area contributed by atoms with Crippen LogP contribution in [0.5, 0.6) is 0 Å². The van der Waals surface area contributed by atoms with Gasteiger partial charge in [-0.25, -0.2) is 0 Å². The van der Waals surface area contributed by atoms with Crippen molar-refractivity contribution in [1.29, 1.82) is 0 Å². The quantitative estimate of drug-likeness (QED) is 0.559. The number of carbonyl (C=O) groups excluding carboxylic acids is 2. The molecule has 33 heavy (non-hydrogen) atoms. The molecular formula is C27H34O5S. The fraction of sp³-hybridized carbons (Fsp3) is 0.630. The monoisotopic (exact) mass is 470 g/mol. The Morgan fingerprint density at radius 2 is 1.76 bits per heavy atom.